The van der Waals surface area contributed by atoms with Gasteiger partial charge < -0.3 is 20.6 Å². The molecule has 8 heteroatoms. The first-order valence-corrected chi connectivity index (χ1v) is 9.05. The van der Waals surface area contributed by atoms with E-state index in [1.54, 1.807) is 0 Å². The molecule has 96 valence electrons. The lowest BCUT2D eigenvalue weighted by atomic mass is 10.5. The minimum Gasteiger partial charge on any atom is -0.390 e. The van der Waals surface area contributed by atoms with Gasteiger partial charge in [0.2, 0.25) is 0 Å². The topological polar surface area (TPSA) is 96.2 Å². The summed E-state index contributed by atoms with van der Waals surface area (Å²) in [5, 5.41) is 14.2. The Morgan fingerprint density at radius 3 is 2.71 bits per heavy atom. The summed E-state index contributed by atoms with van der Waals surface area (Å²) >= 11 is 0. The second kappa shape index (κ2) is 5.28. The van der Waals surface area contributed by atoms with E-state index in [4.69, 9.17) is 10.5 Å². The molecule has 1 aromatic rings. The molecule has 0 fully saturated rings. The average molecular weight is 258 g/mol. The van der Waals surface area contributed by atoms with Crippen molar-refractivity contribution in [3.8, 4) is 0 Å². The molecule has 0 atom stereocenters. The lowest BCUT2D eigenvalue weighted by molar-refractivity contribution is -0.389. The standard InChI is InChI=1S/C9H18N4O3Si/c1-17(2,3)5-4-16-7-12-6-8(10)9(11-12)13(14)15/h6H,4-5,7,10H2,1-3H3. The van der Waals surface area contributed by atoms with E-state index in [9.17, 15) is 10.1 Å². The van der Waals surface area contributed by atoms with Crippen LogP contribution in [-0.2, 0) is 11.5 Å². The summed E-state index contributed by atoms with van der Waals surface area (Å²) in [6.07, 6.45) is 1.41. The van der Waals surface area contributed by atoms with E-state index in [-0.39, 0.29) is 18.2 Å². The van der Waals surface area contributed by atoms with Crippen molar-refractivity contribution in [1.82, 2.24) is 9.78 Å². The molecule has 1 aromatic heterocycles. The van der Waals surface area contributed by atoms with Crippen molar-refractivity contribution >= 4 is 19.6 Å². The molecule has 1 rings (SSSR count). The Kier molecular flexibility index (Phi) is 4.24. The molecule has 0 bridgehead atoms. The van der Waals surface area contributed by atoms with Crippen molar-refractivity contribution in [2.45, 2.75) is 32.4 Å². The van der Waals surface area contributed by atoms with Gasteiger partial charge in [-0.1, -0.05) is 19.6 Å². The van der Waals surface area contributed by atoms with Gasteiger partial charge in [-0.05, 0) is 11.0 Å². The highest BCUT2D eigenvalue weighted by molar-refractivity contribution is 6.76. The highest BCUT2D eigenvalue weighted by Gasteiger charge is 2.18. The number of anilines is 1. The van der Waals surface area contributed by atoms with Gasteiger partial charge in [-0.2, -0.15) is 4.68 Å². The normalized spacial score (nSPS) is 11.7. The van der Waals surface area contributed by atoms with E-state index < -0.39 is 13.0 Å². The molecule has 7 nitrogen and oxygen atoms in total. The van der Waals surface area contributed by atoms with Crippen LogP contribution in [0.4, 0.5) is 11.5 Å². The van der Waals surface area contributed by atoms with Crippen LogP contribution in [0.1, 0.15) is 0 Å². The zero-order valence-electron chi connectivity index (χ0n) is 10.3. The molecule has 17 heavy (non-hydrogen) atoms. The van der Waals surface area contributed by atoms with E-state index in [0.717, 1.165) is 6.04 Å². The van der Waals surface area contributed by atoms with Crippen molar-refractivity contribution in [1.29, 1.82) is 0 Å². The first kappa shape index (κ1) is 13.7. The Labute approximate surface area is 101 Å². The van der Waals surface area contributed by atoms with Crippen molar-refractivity contribution in [2.75, 3.05) is 12.3 Å². The van der Waals surface area contributed by atoms with Crippen molar-refractivity contribution < 1.29 is 9.66 Å². The lowest BCUT2D eigenvalue weighted by Crippen LogP contribution is -2.22. The number of aromatic nitrogens is 2. The minimum absolute atomic E-state index is 0.0591. The number of nitrogens with zero attached hydrogens (tertiary/aromatic N) is 3. The van der Waals surface area contributed by atoms with Crippen LogP contribution in [0, 0.1) is 10.1 Å². The molecule has 0 aliphatic heterocycles. The van der Waals surface area contributed by atoms with Gasteiger partial charge in [0, 0.05) is 14.7 Å². The smallest absolute Gasteiger partial charge is 0.390 e. The van der Waals surface area contributed by atoms with Gasteiger partial charge in [-0.25, -0.2) is 0 Å². The molecule has 2 N–H and O–H groups in total. The average Bonchev–Trinajstić information content (AvgIpc) is 2.53. The third-order valence-electron chi connectivity index (χ3n) is 2.16. The molecule has 0 saturated carbocycles. The molecule has 1 heterocycles. The Bertz CT molecular complexity index is 399. The number of hydrogen-bond acceptors (Lipinski definition) is 5. The lowest BCUT2D eigenvalue weighted by Gasteiger charge is -2.14. The van der Waals surface area contributed by atoms with Crippen LogP contribution < -0.4 is 5.73 Å². The highest BCUT2D eigenvalue weighted by atomic mass is 28.3. The van der Waals surface area contributed by atoms with Crippen LogP contribution in [-0.4, -0.2) is 29.4 Å². The first-order valence-electron chi connectivity index (χ1n) is 5.35. The largest absolute Gasteiger partial charge is 0.413 e. The predicted octanol–water partition coefficient (Wildman–Crippen LogP) is 1.69. The van der Waals surface area contributed by atoms with Crippen molar-refractivity contribution in [3.05, 3.63) is 16.3 Å². The summed E-state index contributed by atoms with van der Waals surface area (Å²) in [4.78, 5) is 9.91. The zero-order chi connectivity index (χ0) is 13.1. The van der Waals surface area contributed by atoms with Gasteiger partial charge in [0.25, 0.3) is 0 Å². The number of rotatable bonds is 6. The third-order valence-corrected chi connectivity index (χ3v) is 3.87. The third kappa shape index (κ3) is 4.53. The molecule has 0 radical (unpaired) electrons. The summed E-state index contributed by atoms with van der Waals surface area (Å²) in [6, 6.07) is 1.05. The summed E-state index contributed by atoms with van der Waals surface area (Å²) in [5.74, 6) is -0.321. The van der Waals surface area contributed by atoms with E-state index >= 15 is 0 Å². The maximum Gasteiger partial charge on any atom is 0.413 e. The van der Waals surface area contributed by atoms with Crippen molar-refractivity contribution in [2.24, 2.45) is 0 Å². The number of nitrogens with two attached hydrogens (primary N) is 1. The van der Waals surface area contributed by atoms with Gasteiger partial charge in [0.05, 0.1) is 11.3 Å². The first-order chi connectivity index (χ1) is 7.79. The number of nitrogen functional groups attached to an aromatic ring is 1. The molecular weight excluding hydrogens is 240 g/mol. The number of ether oxygens (including phenoxy) is 1. The Hall–Kier alpha value is -1.41. The fourth-order valence-corrected chi connectivity index (χ4v) is 1.93. The molecule has 0 spiro atoms. The zero-order valence-corrected chi connectivity index (χ0v) is 11.3. The van der Waals surface area contributed by atoms with E-state index in [1.165, 1.54) is 10.9 Å². The molecule has 0 saturated heterocycles. The summed E-state index contributed by atoms with van der Waals surface area (Å²) < 4.78 is 6.75. The summed E-state index contributed by atoms with van der Waals surface area (Å²) in [7, 11) is -1.11. The monoisotopic (exact) mass is 258 g/mol. The molecule has 0 aliphatic rings. The molecule has 0 aromatic carbocycles. The Balaban J connectivity index is 2.43. The van der Waals surface area contributed by atoms with Gasteiger partial charge in [0.15, 0.2) is 12.4 Å². The molecular formula is C9H18N4O3Si. The van der Waals surface area contributed by atoms with Crippen LogP contribution in [0.25, 0.3) is 0 Å². The maximum atomic E-state index is 10.5. The van der Waals surface area contributed by atoms with Crippen LogP contribution in [0.15, 0.2) is 6.20 Å². The Morgan fingerprint density at radius 2 is 2.24 bits per heavy atom. The van der Waals surface area contributed by atoms with Gasteiger partial charge in [-0.3, -0.25) is 0 Å². The van der Waals surface area contributed by atoms with Crippen LogP contribution in [0.5, 0.6) is 0 Å². The number of nitro groups is 1. The van der Waals surface area contributed by atoms with Crippen LogP contribution in [0.3, 0.4) is 0 Å². The molecule has 0 aliphatic carbocycles. The fraction of sp³-hybridized carbons (Fsp3) is 0.667. The maximum absolute atomic E-state index is 10.5. The minimum atomic E-state index is -1.11. The van der Waals surface area contributed by atoms with E-state index in [2.05, 4.69) is 24.7 Å². The van der Waals surface area contributed by atoms with E-state index in [0.29, 0.717) is 6.61 Å². The SMILES string of the molecule is C[Si](C)(C)CCOCn1cc(N)c([N+](=O)[O-])n1. The second-order valence-electron chi connectivity index (χ2n) is 5.05. The number of hydrogen-bond donors (Lipinski definition) is 1. The van der Waals surface area contributed by atoms with Crippen molar-refractivity contribution in [3.63, 3.8) is 0 Å². The van der Waals surface area contributed by atoms with E-state index in [1.807, 2.05) is 0 Å². The van der Waals surface area contributed by atoms with Gasteiger partial charge >= 0.3 is 5.82 Å². The second-order valence-corrected chi connectivity index (χ2v) is 10.7. The van der Waals surface area contributed by atoms with Gasteiger partial charge in [0.1, 0.15) is 0 Å². The predicted molar refractivity (Wildman–Crippen MR) is 67.4 cm³/mol. The fourth-order valence-electron chi connectivity index (χ4n) is 1.17. The highest BCUT2D eigenvalue weighted by Crippen LogP contribution is 2.17. The van der Waals surface area contributed by atoms with Crippen LogP contribution >= 0.6 is 0 Å². The van der Waals surface area contributed by atoms with Gasteiger partial charge in [-0.15, -0.1) is 0 Å². The molecule has 0 amide bonds. The summed E-state index contributed by atoms with van der Waals surface area (Å²) in [6.45, 7) is 7.61. The quantitative estimate of drug-likeness (QED) is 0.362. The molecule has 0 unspecified atom stereocenters. The van der Waals surface area contributed by atoms with Crippen LogP contribution in [0.2, 0.25) is 25.7 Å². The summed E-state index contributed by atoms with van der Waals surface area (Å²) in [5.41, 5.74) is 5.50. The Morgan fingerprint density at radius 1 is 1.59 bits per heavy atom.